The number of carbonyl (C=O) groups excluding carboxylic acids is 1. The molecule has 0 bridgehead atoms. The third-order valence-corrected chi connectivity index (χ3v) is 4.37. The van der Waals surface area contributed by atoms with Gasteiger partial charge in [-0.05, 0) is 24.3 Å². The van der Waals surface area contributed by atoms with Crippen LogP contribution in [-0.4, -0.2) is 25.4 Å². The van der Waals surface area contributed by atoms with E-state index in [0.29, 0.717) is 17.8 Å². The van der Waals surface area contributed by atoms with Gasteiger partial charge >= 0.3 is 0 Å². The molecule has 0 saturated carbocycles. The highest BCUT2D eigenvalue weighted by Gasteiger charge is 2.28. The number of Topliss-reactive ketones (excluding diaryl/α,β-unsaturated/α-hetero) is 1. The Morgan fingerprint density at radius 2 is 2.00 bits per heavy atom. The van der Waals surface area contributed by atoms with Crippen LogP contribution in [0.1, 0.15) is 53.1 Å². The van der Waals surface area contributed by atoms with Crippen molar-refractivity contribution in [3.63, 3.8) is 0 Å². The lowest BCUT2D eigenvalue weighted by Gasteiger charge is -2.22. The normalized spacial score (nSPS) is 17.4. The second-order valence-electron chi connectivity index (χ2n) is 6.06. The van der Waals surface area contributed by atoms with E-state index in [-0.39, 0.29) is 11.7 Å². The SMILES string of the molecule is CCCc1nc2nc3c(cn2n1)C(=O)C[C@H](c1ccccc1)C3. The van der Waals surface area contributed by atoms with Crippen molar-refractivity contribution in [2.24, 2.45) is 0 Å². The molecule has 0 aliphatic heterocycles. The van der Waals surface area contributed by atoms with Crippen molar-refractivity contribution >= 4 is 11.6 Å². The van der Waals surface area contributed by atoms with Gasteiger partial charge in [0.1, 0.15) is 0 Å². The van der Waals surface area contributed by atoms with Gasteiger partial charge in [-0.25, -0.2) is 9.50 Å². The molecule has 116 valence electrons. The molecule has 1 aromatic carbocycles. The van der Waals surface area contributed by atoms with Crippen molar-refractivity contribution < 1.29 is 4.79 Å². The van der Waals surface area contributed by atoms with E-state index in [4.69, 9.17) is 0 Å². The number of fused-ring (bicyclic) bond motifs is 2. The first-order chi connectivity index (χ1) is 11.2. The smallest absolute Gasteiger partial charge is 0.252 e. The van der Waals surface area contributed by atoms with E-state index in [9.17, 15) is 4.79 Å². The zero-order valence-electron chi connectivity index (χ0n) is 13.1. The molecule has 0 spiro atoms. The van der Waals surface area contributed by atoms with Crippen LogP contribution >= 0.6 is 0 Å². The average molecular weight is 306 g/mol. The minimum Gasteiger partial charge on any atom is -0.294 e. The molecule has 0 unspecified atom stereocenters. The molecule has 0 saturated heterocycles. The fraction of sp³-hybridized carbons (Fsp3) is 0.333. The number of nitrogens with zero attached hydrogens (tertiary/aromatic N) is 4. The van der Waals surface area contributed by atoms with Crippen LogP contribution in [0.2, 0.25) is 0 Å². The van der Waals surface area contributed by atoms with Crippen LogP contribution < -0.4 is 0 Å². The van der Waals surface area contributed by atoms with Gasteiger partial charge in [0.05, 0.1) is 11.3 Å². The zero-order valence-corrected chi connectivity index (χ0v) is 13.1. The van der Waals surface area contributed by atoms with E-state index in [0.717, 1.165) is 30.8 Å². The molecule has 5 heteroatoms. The fourth-order valence-corrected chi connectivity index (χ4v) is 3.22. The summed E-state index contributed by atoms with van der Waals surface area (Å²) in [5.74, 6) is 1.72. The van der Waals surface area contributed by atoms with E-state index in [1.54, 1.807) is 10.7 Å². The van der Waals surface area contributed by atoms with Crippen LogP contribution in [-0.2, 0) is 12.8 Å². The topological polar surface area (TPSA) is 60.1 Å². The largest absolute Gasteiger partial charge is 0.294 e. The van der Waals surface area contributed by atoms with Gasteiger partial charge in [-0.2, -0.15) is 4.98 Å². The molecule has 3 aromatic rings. The summed E-state index contributed by atoms with van der Waals surface area (Å²) in [7, 11) is 0. The minimum absolute atomic E-state index is 0.141. The molecular weight excluding hydrogens is 288 g/mol. The Bertz CT molecular complexity index is 869. The predicted molar refractivity (Wildman–Crippen MR) is 86.6 cm³/mol. The average Bonchev–Trinajstić information content (AvgIpc) is 2.95. The molecule has 23 heavy (non-hydrogen) atoms. The molecule has 5 nitrogen and oxygen atoms in total. The quantitative estimate of drug-likeness (QED) is 0.746. The zero-order chi connectivity index (χ0) is 15.8. The molecule has 1 atom stereocenters. The van der Waals surface area contributed by atoms with Crippen LogP contribution in [0.5, 0.6) is 0 Å². The Hall–Kier alpha value is -2.56. The van der Waals surface area contributed by atoms with Crippen molar-refractivity contribution in [2.75, 3.05) is 0 Å². The third-order valence-electron chi connectivity index (χ3n) is 4.37. The summed E-state index contributed by atoms with van der Waals surface area (Å²) in [6.07, 6.45) is 4.92. The van der Waals surface area contributed by atoms with Gasteiger partial charge in [-0.15, -0.1) is 5.10 Å². The van der Waals surface area contributed by atoms with Gasteiger partial charge < -0.3 is 0 Å². The second-order valence-corrected chi connectivity index (χ2v) is 6.06. The highest BCUT2D eigenvalue weighted by Crippen LogP contribution is 2.31. The Labute approximate surface area is 134 Å². The van der Waals surface area contributed by atoms with Crippen molar-refractivity contribution in [1.82, 2.24) is 19.6 Å². The summed E-state index contributed by atoms with van der Waals surface area (Å²) in [5.41, 5.74) is 2.73. The third kappa shape index (κ3) is 2.52. The van der Waals surface area contributed by atoms with Crippen LogP contribution in [0.25, 0.3) is 5.78 Å². The molecule has 0 fully saturated rings. The molecule has 0 amide bonds. The maximum Gasteiger partial charge on any atom is 0.252 e. The van der Waals surface area contributed by atoms with Crippen molar-refractivity contribution in [1.29, 1.82) is 0 Å². The Balaban J connectivity index is 1.74. The van der Waals surface area contributed by atoms with Gasteiger partial charge in [0.25, 0.3) is 5.78 Å². The highest BCUT2D eigenvalue weighted by molar-refractivity contribution is 5.98. The van der Waals surface area contributed by atoms with Crippen molar-refractivity contribution in [3.05, 3.63) is 59.2 Å². The minimum atomic E-state index is 0.141. The number of rotatable bonds is 3. The first-order valence-corrected chi connectivity index (χ1v) is 8.08. The molecule has 0 radical (unpaired) electrons. The van der Waals surface area contributed by atoms with Gasteiger partial charge in [-0.3, -0.25) is 4.79 Å². The summed E-state index contributed by atoms with van der Waals surface area (Å²) >= 11 is 0. The first kappa shape index (κ1) is 14.1. The van der Waals surface area contributed by atoms with Crippen molar-refractivity contribution in [2.45, 2.75) is 38.5 Å². The summed E-state index contributed by atoms with van der Waals surface area (Å²) in [4.78, 5) is 21.6. The molecule has 4 rings (SSSR count). The van der Waals surface area contributed by atoms with Crippen molar-refractivity contribution in [3.8, 4) is 0 Å². The monoisotopic (exact) mass is 306 g/mol. The van der Waals surface area contributed by atoms with Gasteiger partial charge in [-0.1, -0.05) is 37.3 Å². The standard InChI is InChI=1S/C18H18N4O/c1-2-6-17-20-18-19-15-9-13(12-7-4-3-5-8-12)10-16(23)14(15)11-22(18)21-17/h3-5,7-8,11,13H,2,6,9-10H2,1H3/t13-/m1/s1. The number of carbonyl (C=O) groups is 1. The lowest BCUT2D eigenvalue weighted by atomic mass is 9.82. The van der Waals surface area contributed by atoms with Gasteiger partial charge in [0, 0.05) is 19.0 Å². The predicted octanol–water partition coefficient (Wildman–Crippen LogP) is 2.99. The van der Waals surface area contributed by atoms with Gasteiger partial charge in [0.2, 0.25) is 0 Å². The fourth-order valence-electron chi connectivity index (χ4n) is 3.22. The summed E-state index contributed by atoms with van der Waals surface area (Å²) < 4.78 is 1.64. The summed E-state index contributed by atoms with van der Waals surface area (Å²) in [6.45, 7) is 2.10. The van der Waals surface area contributed by atoms with E-state index < -0.39 is 0 Å². The first-order valence-electron chi connectivity index (χ1n) is 8.08. The number of hydrogen-bond donors (Lipinski definition) is 0. The Morgan fingerprint density at radius 1 is 1.17 bits per heavy atom. The Kier molecular flexibility index (Phi) is 3.41. The molecule has 1 aliphatic rings. The molecule has 2 heterocycles. The van der Waals surface area contributed by atoms with Crippen LogP contribution in [0.15, 0.2) is 36.5 Å². The summed E-state index contributed by atoms with van der Waals surface area (Å²) in [5, 5.41) is 4.41. The lowest BCUT2D eigenvalue weighted by molar-refractivity contribution is 0.0962. The number of aromatic nitrogens is 4. The highest BCUT2D eigenvalue weighted by atomic mass is 16.1. The maximum absolute atomic E-state index is 12.5. The number of aryl methyl sites for hydroxylation is 1. The molecule has 2 aromatic heterocycles. The molecule has 0 N–H and O–H groups in total. The van der Waals surface area contributed by atoms with Gasteiger partial charge in [0.15, 0.2) is 11.6 Å². The lowest BCUT2D eigenvalue weighted by Crippen LogP contribution is -2.21. The second kappa shape index (κ2) is 5.57. The van der Waals surface area contributed by atoms with E-state index >= 15 is 0 Å². The summed E-state index contributed by atoms with van der Waals surface area (Å²) in [6, 6.07) is 10.2. The number of hydrogen-bond acceptors (Lipinski definition) is 4. The van der Waals surface area contributed by atoms with Crippen LogP contribution in [0.3, 0.4) is 0 Å². The maximum atomic E-state index is 12.5. The van der Waals surface area contributed by atoms with E-state index in [1.165, 1.54) is 5.56 Å². The van der Waals surface area contributed by atoms with Crippen LogP contribution in [0.4, 0.5) is 0 Å². The van der Waals surface area contributed by atoms with E-state index in [2.05, 4.69) is 34.1 Å². The van der Waals surface area contributed by atoms with E-state index in [1.807, 2.05) is 18.2 Å². The number of benzene rings is 1. The van der Waals surface area contributed by atoms with Crippen LogP contribution in [0, 0.1) is 0 Å². The number of ketones is 1. The molecule has 1 aliphatic carbocycles. The Morgan fingerprint density at radius 3 is 2.78 bits per heavy atom. The molecular formula is C18H18N4O.